The molecule has 1 aliphatic heterocycles. The minimum absolute atomic E-state index is 0.0607. The third kappa shape index (κ3) is 3.10. The number of likely N-dealkylation sites (tertiary alicyclic amines) is 1. The number of benzene rings is 1. The van der Waals surface area contributed by atoms with Crippen LogP contribution in [0.5, 0.6) is 0 Å². The van der Waals surface area contributed by atoms with E-state index in [2.05, 4.69) is 10.5 Å². The van der Waals surface area contributed by atoms with Gasteiger partial charge in [0.15, 0.2) is 5.76 Å². The molecule has 2 aromatic rings. The maximum atomic E-state index is 12.9. The van der Waals surface area contributed by atoms with Gasteiger partial charge in [0, 0.05) is 19.2 Å². The van der Waals surface area contributed by atoms with Crippen LogP contribution in [0.2, 0.25) is 0 Å². The number of hydrogen-bond acceptors (Lipinski definition) is 3. The van der Waals surface area contributed by atoms with Gasteiger partial charge in [-0.1, -0.05) is 17.3 Å². The number of urea groups is 1. The van der Waals surface area contributed by atoms with Gasteiger partial charge < -0.3 is 14.7 Å². The second kappa shape index (κ2) is 6.17. The molecule has 22 heavy (non-hydrogen) atoms. The van der Waals surface area contributed by atoms with Crippen LogP contribution in [0, 0.1) is 12.7 Å². The zero-order valence-corrected chi connectivity index (χ0v) is 12.4. The molecular weight excluding hydrogens is 285 g/mol. The van der Waals surface area contributed by atoms with E-state index in [1.807, 2.05) is 13.0 Å². The van der Waals surface area contributed by atoms with Gasteiger partial charge in [-0.2, -0.15) is 0 Å². The summed E-state index contributed by atoms with van der Waals surface area (Å²) in [5.74, 6) is 0.447. The van der Waals surface area contributed by atoms with E-state index in [0.717, 1.165) is 29.9 Å². The van der Waals surface area contributed by atoms with Crippen molar-refractivity contribution in [3.8, 4) is 0 Å². The summed E-state index contributed by atoms with van der Waals surface area (Å²) in [5, 5.41) is 6.76. The van der Waals surface area contributed by atoms with Crippen molar-refractivity contribution in [2.24, 2.45) is 0 Å². The average molecular weight is 303 g/mol. The van der Waals surface area contributed by atoms with Crippen molar-refractivity contribution in [2.75, 3.05) is 6.54 Å². The number of hydrogen-bond donors (Lipinski definition) is 1. The average Bonchev–Trinajstić information content (AvgIpc) is 3.14. The molecule has 0 saturated carbocycles. The number of nitrogens with zero attached hydrogens (tertiary/aromatic N) is 2. The van der Waals surface area contributed by atoms with E-state index >= 15 is 0 Å². The lowest BCUT2D eigenvalue weighted by molar-refractivity contribution is 0.182. The van der Waals surface area contributed by atoms with Gasteiger partial charge in [0.25, 0.3) is 0 Å². The predicted molar refractivity (Wildman–Crippen MR) is 78.6 cm³/mol. The second-order valence-electron chi connectivity index (χ2n) is 5.51. The van der Waals surface area contributed by atoms with Crippen molar-refractivity contribution in [3.05, 3.63) is 53.2 Å². The van der Waals surface area contributed by atoms with E-state index in [9.17, 15) is 9.18 Å². The fourth-order valence-electron chi connectivity index (χ4n) is 2.73. The normalized spacial score (nSPS) is 17.7. The highest BCUT2D eigenvalue weighted by Gasteiger charge is 2.32. The molecule has 0 aliphatic carbocycles. The molecule has 2 heterocycles. The number of rotatable bonds is 3. The van der Waals surface area contributed by atoms with Crippen molar-refractivity contribution in [3.63, 3.8) is 0 Å². The van der Waals surface area contributed by atoms with Gasteiger partial charge in [0.2, 0.25) is 0 Å². The molecule has 1 saturated heterocycles. The summed E-state index contributed by atoms with van der Waals surface area (Å²) in [6.45, 7) is 2.93. The highest BCUT2D eigenvalue weighted by Crippen LogP contribution is 2.32. The van der Waals surface area contributed by atoms with Crippen molar-refractivity contribution in [2.45, 2.75) is 32.4 Å². The van der Waals surface area contributed by atoms with Crippen LogP contribution in [0.3, 0.4) is 0 Å². The first kappa shape index (κ1) is 14.6. The molecule has 1 atom stereocenters. The summed E-state index contributed by atoms with van der Waals surface area (Å²) in [4.78, 5) is 14.1. The van der Waals surface area contributed by atoms with Crippen LogP contribution in [-0.4, -0.2) is 22.6 Å². The van der Waals surface area contributed by atoms with E-state index in [0.29, 0.717) is 13.1 Å². The second-order valence-corrected chi connectivity index (χ2v) is 5.51. The van der Waals surface area contributed by atoms with Crippen molar-refractivity contribution in [1.29, 1.82) is 0 Å². The summed E-state index contributed by atoms with van der Waals surface area (Å²) in [5.41, 5.74) is 1.68. The minimum Gasteiger partial charge on any atom is -0.359 e. The zero-order valence-electron chi connectivity index (χ0n) is 12.4. The van der Waals surface area contributed by atoms with Gasteiger partial charge in [0.1, 0.15) is 5.82 Å². The molecule has 5 nitrogen and oxygen atoms in total. The van der Waals surface area contributed by atoms with Gasteiger partial charge >= 0.3 is 6.03 Å². The van der Waals surface area contributed by atoms with Gasteiger partial charge in [-0.3, -0.25) is 0 Å². The number of carbonyl (C=O) groups excluding carboxylic acids is 1. The predicted octanol–water partition coefficient (Wildman–Crippen LogP) is 3.17. The van der Waals surface area contributed by atoms with E-state index in [1.54, 1.807) is 17.0 Å². The van der Waals surface area contributed by atoms with Crippen LogP contribution >= 0.6 is 0 Å². The molecule has 0 spiro atoms. The van der Waals surface area contributed by atoms with E-state index < -0.39 is 0 Å². The van der Waals surface area contributed by atoms with Crippen LogP contribution < -0.4 is 5.32 Å². The van der Waals surface area contributed by atoms with Crippen molar-refractivity contribution < 1.29 is 13.7 Å². The number of amides is 2. The van der Waals surface area contributed by atoms with Crippen LogP contribution in [-0.2, 0) is 6.54 Å². The summed E-state index contributed by atoms with van der Waals surface area (Å²) in [6.07, 6.45) is 1.81. The smallest absolute Gasteiger partial charge is 0.318 e. The van der Waals surface area contributed by atoms with Crippen molar-refractivity contribution >= 4 is 6.03 Å². The molecule has 0 unspecified atom stereocenters. The maximum Gasteiger partial charge on any atom is 0.318 e. The largest absolute Gasteiger partial charge is 0.359 e. The standard InChI is InChI=1S/C16H18FN3O2/c1-11-9-15(22-19-11)14-3-2-8-20(14)16(21)18-10-12-4-6-13(17)7-5-12/h4-7,9,14H,2-3,8,10H2,1H3,(H,18,21)/t14-/m1/s1. The quantitative estimate of drug-likeness (QED) is 0.947. The van der Waals surface area contributed by atoms with Gasteiger partial charge in [-0.25, -0.2) is 9.18 Å². The first-order valence-electron chi connectivity index (χ1n) is 7.35. The Morgan fingerprint density at radius 3 is 2.91 bits per heavy atom. The molecule has 1 aliphatic rings. The number of aromatic nitrogens is 1. The Bertz CT molecular complexity index is 654. The van der Waals surface area contributed by atoms with Gasteiger partial charge in [0.05, 0.1) is 11.7 Å². The molecular formula is C16H18FN3O2. The fourth-order valence-corrected chi connectivity index (χ4v) is 2.73. The first-order valence-corrected chi connectivity index (χ1v) is 7.35. The van der Waals surface area contributed by atoms with Crippen LogP contribution in [0.4, 0.5) is 9.18 Å². The van der Waals surface area contributed by atoms with Gasteiger partial charge in [-0.15, -0.1) is 0 Å². The van der Waals surface area contributed by atoms with Crippen molar-refractivity contribution in [1.82, 2.24) is 15.4 Å². The minimum atomic E-state index is -0.282. The third-order valence-electron chi connectivity index (χ3n) is 3.85. The summed E-state index contributed by atoms with van der Waals surface area (Å²) in [6, 6.07) is 7.77. The number of aryl methyl sites for hydroxylation is 1. The molecule has 0 radical (unpaired) electrons. The third-order valence-corrected chi connectivity index (χ3v) is 3.85. The van der Waals surface area contributed by atoms with E-state index in [4.69, 9.17) is 4.52 Å². The Kier molecular flexibility index (Phi) is 4.09. The van der Waals surface area contributed by atoms with Gasteiger partial charge in [-0.05, 0) is 37.5 Å². The Morgan fingerprint density at radius 1 is 1.45 bits per heavy atom. The SMILES string of the molecule is Cc1cc([C@H]2CCCN2C(=O)NCc2ccc(F)cc2)on1. The Hall–Kier alpha value is -2.37. The molecule has 3 rings (SSSR count). The topological polar surface area (TPSA) is 58.4 Å². The zero-order chi connectivity index (χ0) is 15.5. The summed E-state index contributed by atoms with van der Waals surface area (Å²) >= 11 is 0. The summed E-state index contributed by atoms with van der Waals surface area (Å²) < 4.78 is 18.2. The highest BCUT2D eigenvalue weighted by molar-refractivity contribution is 5.75. The molecule has 0 bridgehead atoms. The lowest BCUT2D eigenvalue weighted by atomic mass is 10.1. The van der Waals surface area contributed by atoms with E-state index in [-0.39, 0.29) is 17.9 Å². The maximum absolute atomic E-state index is 12.9. The molecule has 2 amide bonds. The first-order chi connectivity index (χ1) is 10.6. The lowest BCUT2D eigenvalue weighted by Gasteiger charge is -2.23. The van der Waals surface area contributed by atoms with Crippen LogP contribution in [0.15, 0.2) is 34.9 Å². The summed E-state index contributed by atoms with van der Waals surface area (Å²) in [7, 11) is 0. The van der Waals surface area contributed by atoms with Crippen LogP contribution in [0.1, 0.15) is 35.9 Å². The monoisotopic (exact) mass is 303 g/mol. The molecule has 1 aromatic carbocycles. The molecule has 1 fully saturated rings. The molecule has 6 heteroatoms. The molecule has 1 N–H and O–H groups in total. The molecule has 116 valence electrons. The number of halogens is 1. The highest BCUT2D eigenvalue weighted by atomic mass is 19.1. The van der Waals surface area contributed by atoms with Crippen LogP contribution in [0.25, 0.3) is 0 Å². The fraction of sp³-hybridized carbons (Fsp3) is 0.375. The van der Waals surface area contributed by atoms with E-state index in [1.165, 1.54) is 12.1 Å². The Labute approximate surface area is 128 Å². The Balaban J connectivity index is 1.62. The number of nitrogens with one attached hydrogen (secondary N) is 1. The lowest BCUT2D eigenvalue weighted by Crippen LogP contribution is -2.39. The Morgan fingerprint density at radius 2 is 2.23 bits per heavy atom. The molecule has 1 aromatic heterocycles. The number of carbonyl (C=O) groups is 1.